The largest absolute Gasteiger partial charge is 0.469 e. The van der Waals surface area contributed by atoms with Crippen molar-refractivity contribution in [1.29, 1.82) is 0 Å². The van der Waals surface area contributed by atoms with Gasteiger partial charge in [0.25, 0.3) is 0 Å². The zero-order valence-electron chi connectivity index (χ0n) is 11.3. The summed E-state index contributed by atoms with van der Waals surface area (Å²) < 4.78 is 19.3. The molecule has 20 heavy (non-hydrogen) atoms. The van der Waals surface area contributed by atoms with Crippen molar-refractivity contribution in [1.82, 2.24) is 5.32 Å². The number of rotatable bonds is 4. The molecule has 2 aromatic carbocycles. The molecule has 0 spiro atoms. The number of hydrogen-bond acceptors (Lipinski definition) is 2. The summed E-state index contributed by atoms with van der Waals surface area (Å²) in [5.74, 6) is 0.731. The molecule has 0 fully saturated rings. The van der Waals surface area contributed by atoms with Gasteiger partial charge in [0.15, 0.2) is 0 Å². The standard InChI is InChI=1S/C17H16FNO/c1-19-17(11-12-5-4-10-20-12)15-8-9-16(18)14-7-3-2-6-13(14)15/h2-10,17,19H,11H2,1H3. The molecule has 0 bridgehead atoms. The summed E-state index contributed by atoms with van der Waals surface area (Å²) in [5.41, 5.74) is 1.08. The van der Waals surface area contributed by atoms with Crippen LogP contribution < -0.4 is 5.32 Å². The number of fused-ring (bicyclic) bond motifs is 1. The Hall–Kier alpha value is -2.13. The maximum atomic E-state index is 13.9. The van der Waals surface area contributed by atoms with Gasteiger partial charge in [-0.3, -0.25) is 0 Å². The van der Waals surface area contributed by atoms with Crippen LogP contribution in [0, 0.1) is 5.82 Å². The Balaban J connectivity index is 2.05. The molecule has 0 saturated heterocycles. The van der Waals surface area contributed by atoms with Crippen molar-refractivity contribution in [2.75, 3.05) is 7.05 Å². The van der Waals surface area contributed by atoms with Gasteiger partial charge in [0.1, 0.15) is 11.6 Å². The van der Waals surface area contributed by atoms with Crippen LogP contribution in [0.1, 0.15) is 17.4 Å². The fraction of sp³-hybridized carbons (Fsp3) is 0.176. The Bertz CT molecular complexity index is 706. The van der Waals surface area contributed by atoms with E-state index < -0.39 is 0 Å². The normalized spacial score (nSPS) is 12.7. The quantitative estimate of drug-likeness (QED) is 0.772. The predicted molar refractivity (Wildman–Crippen MR) is 78.1 cm³/mol. The van der Waals surface area contributed by atoms with Crippen LogP contribution in [0.4, 0.5) is 4.39 Å². The number of hydrogen-bond donors (Lipinski definition) is 1. The van der Waals surface area contributed by atoms with Crippen LogP contribution in [0.3, 0.4) is 0 Å². The number of nitrogens with one attached hydrogen (secondary N) is 1. The van der Waals surface area contributed by atoms with Crippen LogP contribution in [0.25, 0.3) is 10.8 Å². The zero-order valence-corrected chi connectivity index (χ0v) is 11.3. The first-order valence-electron chi connectivity index (χ1n) is 6.66. The van der Waals surface area contributed by atoms with Crippen molar-refractivity contribution in [3.63, 3.8) is 0 Å². The first kappa shape index (κ1) is 12.9. The summed E-state index contributed by atoms with van der Waals surface area (Å²) in [5, 5.41) is 4.89. The third-order valence-corrected chi connectivity index (χ3v) is 3.61. The maximum Gasteiger partial charge on any atom is 0.131 e. The Morgan fingerprint density at radius 2 is 1.85 bits per heavy atom. The first-order chi connectivity index (χ1) is 9.79. The van der Waals surface area contributed by atoms with Crippen molar-refractivity contribution in [2.45, 2.75) is 12.5 Å². The molecule has 0 aliphatic carbocycles. The van der Waals surface area contributed by atoms with Crippen LogP contribution in [0.2, 0.25) is 0 Å². The topological polar surface area (TPSA) is 25.2 Å². The highest BCUT2D eigenvalue weighted by Crippen LogP contribution is 2.28. The second kappa shape index (κ2) is 5.47. The highest BCUT2D eigenvalue weighted by Gasteiger charge is 2.15. The second-order valence-corrected chi connectivity index (χ2v) is 4.81. The van der Waals surface area contributed by atoms with E-state index in [1.54, 1.807) is 6.26 Å². The van der Waals surface area contributed by atoms with E-state index >= 15 is 0 Å². The molecule has 102 valence electrons. The lowest BCUT2D eigenvalue weighted by Gasteiger charge is -2.18. The third kappa shape index (κ3) is 2.32. The average molecular weight is 269 g/mol. The van der Waals surface area contributed by atoms with E-state index in [0.717, 1.165) is 23.1 Å². The molecule has 0 amide bonds. The highest BCUT2D eigenvalue weighted by atomic mass is 19.1. The van der Waals surface area contributed by atoms with E-state index in [0.29, 0.717) is 5.39 Å². The van der Waals surface area contributed by atoms with Gasteiger partial charge >= 0.3 is 0 Å². The lowest BCUT2D eigenvalue weighted by molar-refractivity contribution is 0.467. The number of furan rings is 1. The van der Waals surface area contributed by atoms with Crippen LogP contribution in [-0.2, 0) is 6.42 Å². The molecule has 1 unspecified atom stereocenters. The van der Waals surface area contributed by atoms with Crippen molar-refractivity contribution in [3.8, 4) is 0 Å². The fourth-order valence-corrected chi connectivity index (χ4v) is 2.59. The Morgan fingerprint density at radius 1 is 1.05 bits per heavy atom. The number of likely N-dealkylation sites (N-methyl/N-ethyl adjacent to an activating group) is 1. The molecular weight excluding hydrogens is 253 g/mol. The molecular formula is C17H16FNO. The fourth-order valence-electron chi connectivity index (χ4n) is 2.59. The molecule has 0 radical (unpaired) electrons. The monoisotopic (exact) mass is 269 g/mol. The molecule has 0 aliphatic rings. The minimum atomic E-state index is -0.183. The molecule has 1 N–H and O–H groups in total. The Kier molecular flexibility index (Phi) is 3.52. The summed E-state index contributed by atoms with van der Waals surface area (Å²) in [4.78, 5) is 0. The van der Waals surface area contributed by atoms with Gasteiger partial charge in [-0.15, -0.1) is 0 Å². The molecule has 1 heterocycles. The minimum Gasteiger partial charge on any atom is -0.469 e. The van der Waals surface area contributed by atoms with E-state index in [1.165, 1.54) is 6.07 Å². The van der Waals surface area contributed by atoms with Gasteiger partial charge in [-0.05, 0) is 36.2 Å². The van der Waals surface area contributed by atoms with E-state index in [4.69, 9.17) is 4.42 Å². The molecule has 0 saturated carbocycles. The first-order valence-corrected chi connectivity index (χ1v) is 6.66. The molecule has 0 aliphatic heterocycles. The lowest BCUT2D eigenvalue weighted by Crippen LogP contribution is -2.19. The summed E-state index contributed by atoms with van der Waals surface area (Å²) in [6.07, 6.45) is 2.41. The van der Waals surface area contributed by atoms with Crippen molar-refractivity contribution >= 4 is 10.8 Å². The SMILES string of the molecule is CNC(Cc1ccco1)c1ccc(F)c2ccccc12. The molecule has 3 aromatic rings. The highest BCUT2D eigenvalue weighted by molar-refractivity contribution is 5.86. The van der Waals surface area contributed by atoms with E-state index in [2.05, 4.69) is 5.32 Å². The smallest absolute Gasteiger partial charge is 0.131 e. The second-order valence-electron chi connectivity index (χ2n) is 4.81. The van der Waals surface area contributed by atoms with Gasteiger partial charge in [0.05, 0.1) is 6.26 Å². The summed E-state index contributed by atoms with van der Waals surface area (Å²) in [6.45, 7) is 0. The van der Waals surface area contributed by atoms with Gasteiger partial charge in [-0.1, -0.05) is 30.3 Å². The molecule has 3 rings (SSSR count). The third-order valence-electron chi connectivity index (χ3n) is 3.61. The van der Waals surface area contributed by atoms with E-state index in [-0.39, 0.29) is 11.9 Å². The van der Waals surface area contributed by atoms with Gasteiger partial charge in [0.2, 0.25) is 0 Å². The van der Waals surface area contributed by atoms with Crippen LogP contribution in [-0.4, -0.2) is 7.05 Å². The summed E-state index contributed by atoms with van der Waals surface area (Å²) >= 11 is 0. The Labute approximate surface area is 117 Å². The number of halogens is 1. The lowest BCUT2D eigenvalue weighted by atomic mass is 9.96. The van der Waals surface area contributed by atoms with E-state index in [9.17, 15) is 4.39 Å². The number of benzene rings is 2. The maximum absolute atomic E-state index is 13.9. The minimum absolute atomic E-state index is 0.0895. The van der Waals surface area contributed by atoms with Crippen molar-refractivity contribution < 1.29 is 8.81 Å². The van der Waals surface area contributed by atoms with Crippen molar-refractivity contribution in [2.24, 2.45) is 0 Å². The summed E-state index contributed by atoms with van der Waals surface area (Å²) in [7, 11) is 1.91. The van der Waals surface area contributed by atoms with Gasteiger partial charge in [-0.25, -0.2) is 4.39 Å². The molecule has 2 nitrogen and oxygen atoms in total. The Morgan fingerprint density at radius 3 is 2.55 bits per heavy atom. The molecule has 3 heteroatoms. The zero-order chi connectivity index (χ0) is 13.9. The average Bonchev–Trinajstić information content (AvgIpc) is 2.99. The van der Waals surface area contributed by atoms with Gasteiger partial charge in [0, 0.05) is 17.8 Å². The van der Waals surface area contributed by atoms with Crippen molar-refractivity contribution in [3.05, 3.63) is 71.9 Å². The molecule has 1 atom stereocenters. The van der Waals surface area contributed by atoms with Gasteiger partial charge < -0.3 is 9.73 Å². The van der Waals surface area contributed by atoms with E-state index in [1.807, 2.05) is 49.5 Å². The van der Waals surface area contributed by atoms with Crippen LogP contribution in [0.5, 0.6) is 0 Å². The van der Waals surface area contributed by atoms with Crippen LogP contribution in [0.15, 0.2) is 59.2 Å². The summed E-state index contributed by atoms with van der Waals surface area (Å²) in [6, 6.07) is 14.9. The predicted octanol–water partition coefficient (Wildman–Crippen LogP) is 4.08. The van der Waals surface area contributed by atoms with Crippen LogP contribution >= 0.6 is 0 Å². The molecule has 1 aromatic heterocycles. The van der Waals surface area contributed by atoms with Gasteiger partial charge in [-0.2, -0.15) is 0 Å².